The van der Waals surface area contributed by atoms with Gasteiger partial charge in [0.25, 0.3) is 5.91 Å². The average Bonchev–Trinajstić information content (AvgIpc) is 3.38. The van der Waals surface area contributed by atoms with Crippen LogP contribution in [0.25, 0.3) is 17.0 Å². The Balaban J connectivity index is 1.33. The number of nitrogens with zero attached hydrogens (tertiary/aromatic N) is 1. The monoisotopic (exact) mass is 505 g/mol. The van der Waals surface area contributed by atoms with Gasteiger partial charge in [-0.15, -0.1) is 0 Å². The molecule has 35 heavy (non-hydrogen) atoms. The molecule has 2 heterocycles. The first-order valence-electron chi connectivity index (χ1n) is 11.0. The summed E-state index contributed by atoms with van der Waals surface area (Å²) in [5.41, 5.74) is 2.72. The van der Waals surface area contributed by atoms with E-state index in [1.165, 1.54) is 16.7 Å². The number of rotatable bonds is 9. The van der Waals surface area contributed by atoms with Crippen molar-refractivity contribution in [2.75, 3.05) is 6.54 Å². The maximum atomic E-state index is 12.7. The van der Waals surface area contributed by atoms with E-state index in [4.69, 9.17) is 12.2 Å². The lowest BCUT2D eigenvalue weighted by molar-refractivity contribution is -0.141. The highest BCUT2D eigenvalue weighted by Gasteiger charge is 2.32. The Labute approximate surface area is 211 Å². The summed E-state index contributed by atoms with van der Waals surface area (Å²) >= 11 is 6.50. The van der Waals surface area contributed by atoms with Gasteiger partial charge in [0, 0.05) is 36.5 Å². The maximum absolute atomic E-state index is 12.7. The molecule has 1 unspecified atom stereocenters. The molecule has 0 aliphatic carbocycles. The molecule has 1 aliphatic rings. The van der Waals surface area contributed by atoms with Gasteiger partial charge in [-0.25, -0.2) is 4.79 Å². The van der Waals surface area contributed by atoms with Crippen LogP contribution < -0.4 is 5.32 Å². The highest BCUT2D eigenvalue weighted by Crippen LogP contribution is 2.31. The lowest BCUT2D eigenvalue weighted by Gasteiger charge is -2.17. The lowest BCUT2D eigenvalue weighted by atomic mass is 10.0. The number of thiocarbonyl (C=S) groups is 1. The van der Waals surface area contributed by atoms with E-state index in [1.807, 2.05) is 60.7 Å². The molecule has 0 radical (unpaired) electrons. The number of H-pyrrole nitrogens is 1. The number of carbonyl (C=O) groups is 3. The molecule has 9 heteroatoms. The Morgan fingerprint density at radius 3 is 2.66 bits per heavy atom. The molecule has 0 saturated carbocycles. The number of aliphatic carboxylic acids is 1. The molecule has 2 aromatic carbocycles. The van der Waals surface area contributed by atoms with E-state index in [9.17, 15) is 19.5 Å². The van der Waals surface area contributed by atoms with Crippen LogP contribution in [0.1, 0.15) is 17.5 Å². The molecular weight excluding hydrogens is 482 g/mol. The van der Waals surface area contributed by atoms with Crippen molar-refractivity contribution in [2.45, 2.75) is 18.9 Å². The van der Waals surface area contributed by atoms with Crippen molar-refractivity contribution >= 4 is 63.1 Å². The van der Waals surface area contributed by atoms with Crippen molar-refractivity contribution in [2.24, 2.45) is 0 Å². The number of benzene rings is 2. The van der Waals surface area contributed by atoms with E-state index in [0.717, 1.165) is 22.0 Å². The van der Waals surface area contributed by atoms with Crippen LogP contribution in [0.2, 0.25) is 0 Å². The van der Waals surface area contributed by atoms with Gasteiger partial charge in [0.15, 0.2) is 0 Å². The van der Waals surface area contributed by atoms with Crippen LogP contribution in [0.15, 0.2) is 77.9 Å². The van der Waals surface area contributed by atoms with Gasteiger partial charge in [-0.2, -0.15) is 0 Å². The van der Waals surface area contributed by atoms with E-state index in [1.54, 1.807) is 18.3 Å². The molecule has 4 rings (SSSR count). The normalized spacial score (nSPS) is 15.9. The first-order chi connectivity index (χ1) is 16.9. The van der Waals surface area contributed by atoms with E-state index in [0.29, 0.717) is 9.23 Å². The fourth-order valence-corrected chi connectivity index (χ4v) is 4.98. The molecule has 2 amide bonds. The van der Waals surface area contributed by atoms with Crippen molar-refractivity contribution in [3.63, 3.8) is 0 Å². The third-order valence-electron chi connectivity index (χ3n) is 5.50. The van der Waals surface area contributed by atoms with Gasteiger partial charge >= 0.3 is 5.97 Å². The Kier molecular flexibility index (Phi) is 7.79. The summed E-state index contributed by atoms with van der Waals surface area (Å²) in [6.45, 7) is 0.0790. The molecule has 3 aromatic rings. The summed E-state index contributed by atoms with van der Waals surface area (Å²) in [5, 5.41) is 13.1. The molecule has 7 nitrogen and oxygen atoms in total. The zero-order valence-electron chi connectivity index (χ0n) is 18.6. The van der Waals surface area contributed by atoms with Crippen LogP contribution in [0.5, 0.6) is 0 Å². The molecule has 1 saturated heterocycles. The number of hydrogen-bond acceptors (Lipinski definition) is 5. The molecule has 0 bridgehead atoms. The first kappa shape index (κ1) is 24.4. The van der Waals surface area contributed by atoms with Crippen LogP contribution >= 0.6 is 24.0 Å². The van der Waals surface area contributed by atoms with Crippen molar-refractivity contribution in [3.8, 4) is 0 Å². The number of amides is 2. The van der Waals surface area contributed by atoms with E-state index >= 15 is 0 Å². The number of thioether (sulfide) groups is 1. The Hall–Kier alpha value is -3.69. The number of fused-ring (bicyclic) bond motifs is 1. The summed E-state index contributed by atoms with van der Waals surface area (Å²) in [4.78, 5) is 42.0. The van der Waals surface area contributed by atoms with Crippen LogP contribution in [-0.2, 0) is 20.8 Å². The largest absolute Gasteiger partial charge is 0.480 e. The van der Waals surface area contributed by atoms with Crippen molar-refractivity contribution in [3.05, 3.63) is 89.0 Å². The number of allylic oxidation sites excluding steroid dienone is 2. The number of para-hydroxylation sites is 1. The highest BCUT2D eigenvalue weighted by molar-refractivity contribution is 8.26. The summed E-state index contributed by atoms with van der Waals surface area (Å²) in [6.07, 6.45) is 7.22. The van der Waals surface area contributed by atoms with Crippen LogP contribution in [0, 0.1) is 0 Å². The third-order valence-corrected chi connectivity index (χ3v) is 6.90. The number of hydrogen-bond donors (Lipinski definition) is 3. The van der Waals surface area contributed by atoms with Crippen LogP contribution in [0.3, 0.4) is 0 Å². The second-order valence-corrected chi connectivity index (χ2v) is 9.57. The minimum absolute atomic E-state index is 0.0583. The summed E-state index contributed by atoms with van der Waals surface area (Å²) in [7, 11) is 0. The zero-order chi connectivity index (χ0) is 24.8. The maximum Gasteiger partial charge on any atom is 0.326 e. The quantitative estimate of drug-likeness (QED) is 0.299. The number of carboxylic acids is 1. The predicted octanol–water partition coefficient (Wildman–Crippen LogP) is 4.13. The molecule has 1 aliphatic heterocycles. The summed E-state index contributed by atoms with van der Waals surface area (Å²) in [5.74, 6) is -1.85. The van der Waals surface area contributed by atoms with E-state index in [2.05, 4.69) is 10.3 Å². The van der Waals surface area contributed by atoms with Gasteiger partial charge in [0.1, 0.15) is 10.4 Å². The molecule has 1 atom stereocenters. The lowest BCUT2D eigenvalue weighted by Crippen LogP contribution is -2.43. The fourth-order valence-electron chi connectivity index (χ4n) is 3.72. The number of aromatic amines is 1. The van der Waals surface area contributed by atoms with Gasteiger partial charge in [-0.3, -0.25) is 14.5 Å². The molecule has 3 N–H and O–H groups in total. The summed E-state index contributed by atoms with van der Waals surface area (Å²) in [6, 6.07) is 16.2. The third kappa shape index (κ3) is 6.06. The molecular formula is C26H23N3O4S2. The second kappa shape index (κ2) is 11.2. The number of nitrogens with one attached hydrogen (secondary N) is 2. The average molecular weight is 506 g/mol. The topological polar surface area (TPSA) is 103 Å². The van der Waals surface area contributed by atoms with Gasteiger partial charge in [-0.1, -0.05) is 84.7 Å². The van der Waals surface area contributed by atoms with Crippen LogP contribution in [-0.4, -0.2) is 49.7 Å². The van der Waals surface area contributed by atoms with Gasteiger partial charge in [-0.05, 0) is 23.3 Å². The SMILES string of the molecule is O=C(CCN1C(=O)/C(=C\C=C/c2ccccc2)SC1=S)NC(Cc1c[nH]c2ccccc12)C(=O)O. The van der Waals surface area contributed by atoms with Crippen molar-refractivity contribution < 1.29 is 19.5 Å². The minimum Gasteiger partial charge on any atom is -0.480 e. The fraction of sp³-hybridized carbons (Fsp3) is 0.154. The van der Waals surface area contributed by atoms with E-state index < -0.39 is 17.9 Å². The molecule has 1 fully saturated rings. The summed E-state index contributed by atoms with van der Waals surface area (Å²) < 4.78 is 0.371. The highest BCUT2D eigenvalue weighted by atomic mass is 32.2. The Bertz CT molecular complexity index is 1330. The standard InChI is InChI=1S/C26H23N3O4S2/c30-23(28-21(25(32)33)15-18-16-27-20-11-5-4-10-19(18)20)13-14-29-24(31)22(35-26(29)34)12-6-9-17-7-2-1-3-8-17/h1-12,16,21,27H,13-15H2,(H,28,30)(H,32,33)/b9-6-,22-12+. The van der Waals surface area contributed by atoms with Gasteiger partial charge in [0.2, 0.25) is 5.91 Å². The second-order valence-electron chi connectivity index (χ2n) is 7.90. The van der Waals surface area contributed by atoms with Gasteiger partial charge < -0.3 is 15.4 Å². The Morgan fingerprint density at radius 2 is 1.89 bits per heavy atom. The molecule has 0 spiro atoms. The number of aromatic nitrogens is 1. The van der Waals surface area contributed by atoms with E-state index in [-0.39, 0.29) is 25.3 Å². The van der Waals surface area contributed by atoms with Crippen molar-refractivity contribution in [1.29, 1.82) is 0 Å². The first-order valence-corrected chi connectivity index (χ1v) is 12.2. The molecule has 1 aromatic heterocycles. The van der Waals surface area contributed by atoms with Crippen LogP contribution in [0.4, 0.5) is 0 Å². The molecule has 178 valence electrons. The Morgan fingerprint density at radius 1 is 1.14 bits per heavy atom. The van der Waals surface area contributed by atoms with Gasteiger partial charge in [0.05, 0.1) is 4.91 Å². The number of carboxylic acid groups (broad SMARTS) is 1. The predicted molar refractivity (Wildman–Crippen MR) is 142 cm³/mol. The van der Waals surface area contributed by atoms with Crippen molar-refractivity contribution in [1.82, 2.24) is 15.2 Å². The smallest absolute Gasteiger partial charge is 0.326 e. The zero-order valence-corrected chi connectivity index (χ0v) is 20.3. The number of carbonyl (C=O) groups excluding carboxylic acids is 2. The minimum atomic E-state index is -1.12.